The maximum Gasteiger partial charge on any atom is 0.261 e. The topological polar surface area (TPSA) is 35.5 Å². The van der Waals surface area contributed by atoms with Crippen LogP contribution in [0, 0.1) is 11.8 Å². The van der Waals surface area contributed by atoms with Gasteiger partial charge in [-0.2, -0.15) is 0 Å². The summed E-state index contributed by atoms with van der Waals surface area (Å²) in [6.07, 6.45) is 4.58. The van der Waals surface area contributed by atoms with E-state index in [9.17, 15) is 4.79 Å². The van der Waals surface area contributed by atoms with Crippen LogP contribution in [0.2, 0.25) is 10.1 Å². The van der Waals surface area contributed by atoms with Gasteiger partial charge in [0.05, 0.1) is 0 Å². The van der Waals surface area contributed by atoms with Crippen molar-refractivity contribution in [1.82, 2.24) is 0 Å². The zero-order chi connectivity index (χ0) is 32.1. The second kappa shape index (κ2) is 13.6. The Morgan fingerprint density at radius 2 is 0.889 bits per heavy atom. The van der Waals surface area contributed by atoms with Crippen LogP contribution in [-0.4, -0.2) is 35.6 Å². The maximum atomic E-state index is 13.7. The Hall–Kier alpha value is -3.36. The third-order valence-electron chi connectivity index (χ3n) is 9.48. The van der Waals surface area contributed by atoms with Crippen LogP contribution in [0.5, 0.6) is 0 Å². The number of carbonyl (C=O) groups excluding carboxylic acids is 1. The standard InChI is InChI=1S/C40H48O3Si2/c1-39(2,3)44(33-21-11-7-12-22-33,34-23-13-8-14-24-34)42-30-32-20-19-29-38(41)37(32)31-43-45(40(4,5)6,35-25-15-9-16-26-35)36-27-17-10-18-28-36/h7-19,21-29,32,37H,20,30-31H2,1-6H3/t32-,37-/m0/s1. The van der Waals surface area contributed by atoms with E-state index in [-0.39, 0.29) is 27.7 Å². The van der Waals surface area contributed by atoms with Gasteiger partial charge in [-0.3, -0.25) is 4.79 Å². The van der Waals surface area contributed by atoms with Gasteiger partial charge in [0.2, 0.25) is 0 Å². The molecule has 1 aliphatic rings. The second-order valence-corrected chi connectivity index (χ2v) is 23.0. The third kappa shape index (κ3) is 6.50. The molecular weight excluding hydrogens is 585 g/mol. The van der Waals surface area contributed by atoms with Crippen molar-refractivity contribution in [3.8, 4) is 0 Å². The quantitative estimate of drug-likeness (QED) is 0.179. The van der Waals surface area contributed by atoms with Crippen LogP contribution in [0.3, 0.4) is 0 Å². The molecule has 5 rings (SSSR count). The highest BCUT2D eigenvalue weighted by molar-refractivity contribution is 7.00. The van der Waals surface area contributed by atoms with Gasteiger partial charge in [0.15, 0.2) is 5.78 Å². The lowest BCUT2D eigenvalue weighted by molar-refractivity contribution is -0.122. The number of carbonyl (C=O) groups is 1. The van der Waals surface area contributed by atoms with Crippen LogP contribution in [0.15, 0.2) is 133 Å². The molecule has 0 heterocycles. The predicted molar refractivity (Wildman–Crippen MR) is 193 cm³/mol. The highest BCUT2D eigenvalue weighted by Gasteiger charge is 2.52. The van der Waals surface area contributed by atoms with Gasteiger partial charge in [-0.05, 0) is 49.2 Å². The van der Waals surface area contributed by atoms with E-state index in [1.165, 1.54) is 20.7 Å². The van der Waals surface area contributed by atoms with Gasteiger partial charge < -0.3 is 8.85 Å². The lowest BCUT2D eigenvalue weighted by atomic mass is 9.83. The van der Waals surface area contributed by atoms with Gasteiger partial charge in [-0.1, -0.05) is 169 Å². The van der Waals surface area contributed by atoms with E-state index < -0.39 is 16.6 Å². The van der Waals surface area contributed by atoms with Gasteiger partial charge in [0.1, 0.15) is 0 Å². The number of allylic oxidation sites excluding steroid dienone is 2. The monoisotopic (exact) mass is 632 g/mol. The highest BCUT2D eigenvalue weighted by atomic mass is 28.4. The van der Waals surface area contributed by atoms with Crippen LogP contribution in [0.1, 0.15) is 48.0 Å². The molecule has 5 heteroatoms. The normalized spacial score (nSPS) is 17.8. The van der Waals surface area contributed by atoms with Crippen molar-refractivity contribution in [2.75, 3.05) is 13.2 Å². The van der Waals surface area contributed by atoms with Crippen LogP contribution in [-0.2, 0) is 13.6 Å². The lowest BCUT2D eigenvalue weighted by Crippen LogP contribution is -2.67. The summed E-state index contributed by atoms with van der Waals surface area (Å²) in [6.45, 7) is 14.6. The molecule has 0 saturated heterocycles. The molecule has 2 atom stereocenters. The first-order valence-corrected chi connectivity index (χ1v) is 20.0. The van der Waals surface area contributed by atoms with Gasteiger partial charge in [0.25, 0.3) is 16.6 Å². The van der Waals surface area contributed by atoms with Crippen molar-refractivity contribution in [2.24, 2.45) is 11.8 Å². The molecule has 3 nitrogen and oxygen atoms in total. The molecule has 0 N–H and O–H groups in total. The zero-order valence-electron chi connectivity index (χ0n) is 27.7. The Bertz CT molecular complexity index is 1480. The Morgan fingerprint density at radius 3 is 1.22 bits per heavy atom. The maximum absolute atomic E-state index is 13.7. The van der Waals surface area contributed by atoms with Gasteiger partial charge in [0, 0.05) is 19.1 Å². The van der Waals surface area contributed by atoms with Gasteiger partial charge in [-0.15, -0.1) is 0 Å². The first kappa shape index (κ1) is 33.0. The summed E-state index contributed by atoms with van der Waals surface area (Å²) in [6, 6.07) is 42.8. The number of hydrogen-bond donors (Lipinski definition) is 0. The van der Waals surface area contributed by atoms with Gasteiger partial charge in [-0.25, -0.2) is 0 Å². The van der Waals surface area contributed by atoms with E-state index in [0.29, 0.717) is 13.2 Å². The fourth-order valence-corrected chi connectivity index (χ4v) is 16.5. The first-order valence-electron chi connectivity index (χ1n) is 16.2. The van der Waals surface area contributed by atoms with Gasteiger partial charge >= 0.3 is 0 Å². The summed E-state index contributed by atoms with van der Waals surface area (Å²) >= 11 is 0. The zero-order valence-corrected chi connectivity index (χ0v) is 29.7. The van der Waals surface area contributed by atoms with Crippen molar-refractivity contribution in [1.29, 1.82) is 0 Å². The number of ketones is 1. The molecule has 4 aromatic rings. The third-order valence-corrected chi connectivity index (χ3v) is 19.5. The summed E-state index contributed by atoms with van der Waals surface area (Å²) in [7, 11) is -5.54. The van der Waals surface area contributed by atoms with E-state index >= 15 is 0 Å². The van der Waals surface area contributed by atoms with E-state index in [1.54, 1.807) is 6.08 Å². The predicted octanol–water partition coefficient (Wildman–Crippen LogP) is 6.90. The smallest absolute Gasteiger partial charge is 0.261 e. The molecule has 234 valence electrons. The minimum absolute atomic E-state index is 0.0161. The molecule has 45 heavy (non-hydrogen) atoms. The summed E-state index contributed by atoms with van der Waals surface area (Å²) in [5.41, 5.74) is 0. The van der Waals surface area contributed by atoms with Crippen molar-refractivity contribution in [2.45, 2.75) is 58.0 Å². The molecule has 0 spiro atoms. The fraction of sp³-hybridized carbons (Fsp3) is 0.325. The molecule has 0 bridgehead atoms. The fourth-order valence-electron chi connectivity index (χ4n) is 7.25. The summed E-state index contributed by atoms with van der Waals surface area (Å²) in [5, 5.41) is 4.66. The van der Waals surface area contributed by atoms with Crippen molar-refractivity contribution in [3.63, 3.8) is 0 Å². The van der Waals surface area contributed by atoms with E-state index in [2.05, 4.69) is 163 Å². The summed E-state index contributed by atoms with van der Waals surface area (Å²) in [5.74, 6) is -0.132. The molecule has 0 amide bonds. The van der Waals surface area contributed by atoms with Crippen molar-refractivity contribution < 1.29 is 13.6 Å². The van der Waals surface area contributed by atoms with Crippen LogP contribution < -0.4 is 20.7 Å². The number of hydrogen-bond acceptors (Lipinski definition) is 3. The Kier molecular flexibility index (Phi) is 9.95. The Balaban J connectivity index is 1.51. The largest absolute Gasteiger partial charge is 0.407 e. The molecule has 0 radical (unpaired) electrons. The molecule has 0 aromatic heterocycles. The molecular formula is C40H48O3Si2. The number of benzene rings is 4. The average molecular weight is 633 g/mol. The van der Waals surface area contributed by atoms with Crippen molar-refractivity contribution >= 4 is 43.2 Å². The van der Waals surface area contributed by atoms with E-state index in [1.807, 2.05) is 6.08 Å². The number of rotatable bonds is 10. The Morgan fingerprint density at radius 1 is 0.556 bits per heavy atom. The first-order chi connectivity index (χ1) is 21.5. The second-order valence-electron chi connectivity index (χ2n) is 14.4. The summed E-state index contributed by atoms with van der Waals surface area (Å²) in [4.78, 5) is 13.7. The summed E-state index contributed by atoms with van der Waals surface area (Å²) < 4.78 is 14.7. The highest BCUT2D eigenvalue weighted by Crippen LogP contribution is 2.40. The molecule has 0 aliphatic heterocycles. The van der Waals surface area contributed by atoms with E-state index in [0.717, 1.165) is 6.42 Å². The van der Waals surface area contributed by atoms with Crippen molar-refractivity contribution in [3.05, 3.63) is 133 Å². The molecule has 4 aromatic carbocycles. The molecule has 0 saturated carbocycles. The van der Waals surface area contributed by atoms with Crippen LogP contribution in [0.4, 0.5) is 0 Å². The minimum atomic E-state index is -2.80. The van der Waals surface area contributed by atoms with E-state index in [4.69, 9.17) is 8.85 Å². The molecule has 1 aliphatic carbocycles. The lowest BCUT2D eigenvalue weighted by Gasteiger charge is -2.45. The average Bonchev–Trinajstić information content (AvgIpc) is 3.03. The minimum Gasteiger partial charge on any atom is -0.407 e. The SMILES string of the molecule is CC(C)(C)[Si](OC[C@@H]1CC=CC(=O)[C@H]1CO[Si](c1ccccc1)(c1ccccc1)C(C)(C)C)(c1ccccc1)c1ccccc1. The molecule has 0 fully saturated rings. The van der Waals surface area contributed by atoms with Crippen LogP contribution in [0.25, 0.3) is 0 Å². The molecule has 0 unspecified atom stereocenters. The Labute approximate surface area is 272 Å². The van der Waals surface area contributed by atoms with Crippen LogP contribution >= 0.6 is 0 Å².